The third-order valence-electron chi connectivity index (χ3n) is 2.10. The van der Waals surface area contributed by atoms with Gasteiger partial charge < -0.3 is 15.2 Å². The lowest BCUT2D eigenvalue weighted by Crippen LogP contribution is -2.20. The van der Waals surface area contributed by atoms with Crippen molar-refractivity contribution in [1.82, 2.24) is 5.32 Å². The second-order valence-corrected chi connectivity index (χ2v) is 2.91. The number of benzene rings is 1. The highest BCUT2D eigenvalue weighted by atomic mass is 19.1. The predicted octanol–water partition coefficient (Wildman–Crippen LogP) is 1.09. The number of aliphatic hydroxyl groups excluding tert-OH is 1. The Balaban J connectivity index is 3.08. The van der Waals surface area contributed by atoms with Gasteiger partial charge in [-0.25, -0.2) is 4.39 Å². The predicted molar refractivity (Wildman–Crippen MR) is 51.8 cm³/mol. The van der Waals surface area contributed by atoms with Crippen LogP contribution in [-0.2, 0) is 0 Å². The van der Waals surface area contributed by atoms with Crippen LogP contribution in [0.4, 0.5) is 4.39 Å². The molecule has 0 saturated heterocycles. The number of rotatable bonds is 4. The lowest BCUT2D eigenvalue weighted by Gasteiger charge is -2.16. The van der Waals surface area contributed by atoms with E-state index in [-0.39, 0.29) is 18.5 Å². The maximum Gasteiger partial charge on any atom is 0.123 e. The second kappa shape index (κ2) is 4.93. The topological polar surface area (TPSA) is 41.5 Å². The Bertz CT molecular complexity index is 300. The molecule has 0 aliphatic rings. The fraction of sp³-hybridized carbons (Fsp3) is 0.400. The van der Waals surface area contributed by atoms with E-state index >= 15 is 0 Å². The molecular formula is C10H14FNO2. The highest BCUT2D eigenvalue weighted by molar-refractivity contribution is 5.36. The summed E-state index contributed by atoms with van der Waals surface area (Å²) in [5.41, 5.74) is 0.623. The summed E-state index contributed by atoms with van der Waals surface area (Å²) in [6.07, 6.45) is 0. The lowest BCUT2D eigenvalue weighted by molar-refractivity contribution is 0.247. The van der Waals surface area contributed by atoms with Crippen LogP contribution in [0.3, 0.4) is 0 Å². The first-order chi connectivity index (χ1) is 6.72. The first kappa shape index (κ1) is 10.9. The molecule has 0 spiro atoms. The summed E-state index contributed by atoms with van der Waals surface area (Å²) in [5.74, 6) is 0.231. The second-order valence-electron chi connectivity index (χ2n) is 2.91. The molecule has 0 bridgehead atoms. The van der Waals surface area contributed by atoms with Crippen LogP contribution >= 0.6 is 0 Å². The minimum atomic E-state index is -0.338. The summed E-state index contributed by atoms with van der Waals surface area (Å²) in [6, 6.07) is 3.92. The van der Waals surface area contributed by atoms with Gasteiger partial charge in [-0.15, -0.1) is 0 Å². The number of aliphatic hydroxyl groups is 1. The number of ether oxygens (including phenoxy) is 1. The van der Waals surface area contributed by atoms with Gasteiger partial charge >= 0.3 is 0 Å². The Morgan fingerprint density at radius 1 is 1.57 bits per heavy atom. The van der Waals surface area contributed by atoms with E-state index in [0.29, 0.717) is 11.3 Å². The van der Waals surface area contributed by atoms with Gasteiger partial charge in [0.25, 0.3) is 0 Å². The molecule has 1 aromatic rings. The Labute approximate surface area is 82.5 Å². The van der Waals surface area contributed by atoms with Crippen molar-refractivity contribution in [2.24, 2.45) is 0 Å². The van der Waals surface area contributed by atoms with Crippen LogP contribution in [0.1, 0.15) is 11.6 Å². The number of hydrogen-bond donors (Lipinski definition) is 2. The fourth-order valence-electron chi connectivity index (χ4n) is 1.32. The zero-order valence-corrected chi connectivity index (χ0v) is 8.25. The SMILES string of the molecule is CNC(CO)c1cc(F)ccc1OC. The van der Waals surface area contributed by atoms with Crippen molar-refractivity contribution in [2.45, 2.75) is 6.04 Å². The summed E-state index contributed by atoms with van der Waals surface area (Å²) < 4.78 is 18.0. The van der Waals surface area contributed by atoms with Crippen molar-refractivity contribution >= 4 is 0 Å². The van der Waals surface area contributed by atoms with Gasteiger partial charge in [-0.1, -0.05) is 0 Å². The van der Waals surface area contributed by atoms with E-state index in [9.17, 15) is 4.39 Å². The van der Waals surface area contributed by atoms with E-state index in [1.807, 2.05) is 0 Å². The fourth-order valence-corrected chi connectivity index (χ4v) is 1.32. The third-order valence-corrected chi connectivity index (χ3v) is 2.10. The van der Waals surface area contributed by atoms with Crippen molar-refractivity contribution < 1.29 is 14.2 Å². The molecule has 1 rings (SSSR count). The molecule has 0 amide bonds. The maximum absolute atomic E-state index is 13.0. The van der Waals surface area contributed by atoms with Crippen LogP contribution in [0.2, 0.25) is 0 Å². The highest BCUT2D eigenvalue weighted by Gasteiger charge is 2.13. The molecule has 0 aromatic heterocycles. The molecule has 1 atom stereocenters. The number of nitrogens with one attached hydrogen (secondary N) is 1. The van der Waals surface area contributed by atoms with E-state index in [1.165, 1.54) is 19.2 Å². The van der Waals surface area contributed by atoms with Crippen LogP contribution in [0, 0.1) is 5.82 Å². The molecular weight excluding hydrogens is 185 g/mol. The number of methoxy groups -OCH3 is 1. The van der Waals surface area contributed by atoms with Gasteiger partial charge in [0.1, 0.15) is 11.6 Å². The van der Waals surface area contributed by atoms with Gasteiger partial charge in [0.15, 0.2) is 0 Å². The van der Waals surface area contributed by atoms with Gasteiger partial charge in [-0.05, 0) is 25.2 Å². The average molecular weight is 199 g/mol. The van der Waals surface area contributed by atoms with Crippen molar-refractivity contribution in [3.8, 4) is 5.75 Å². The first-order valence-electron chi connectivity index (χ1n) is 4.34. The van der Waals surface area contributed by atoms with Crippen LogP contribution < -0.4 is 10.1 Å². The Morgan fingerprint density at radius 3 is 2.79 bits per heavy atom. The molecule has 3 nitrogen and oxygen atoms in total. The molecule has 0 aliphatic heterocycles. The van der Waals surface area contributed by atoms with E-state index in [4.69, 9.17) is 9.84 Å². The molecule has 1 unspecified atom stereocenters. The van der Waals surface area contributed by atoms with Gasteiger partial charge in [0.2, 0.25) is 0 Å². The van der Waals surface area contributed by atoms with Crippen LogP contribution in [0.5, 0.6) is 5.75 Å². The molecule has 0 fully saturated rings. The summed E-state index contributed by atoms with van der Waals surface area (Å²) in [7, 11) is 3.21. The number of hydrogen-bond acceptors (Lipinski definition) is 3. The standard InChI is InChI=1S/C10H14FNO2/c1-12-9(6-13)8-5-7(11)3-4-10(8)14-2/h3-5,9,12-13H,6H2,1-2H3. The van der Waals surface area contributed by atoms with Crippen molar-refractivity contribution in [1.29, 1.82) is 0 Å². The maximum atomic E-state index is 13.0. The van der Waals surface area contributed by atoms with Crippen molar-refractivity contribution in [3.05, 3.63) is 29.6 Å². The molecule has 0 heterocycles. The Kier molecular flexibility index (Phi) is 3.85. The van der Waals surface area contributed by atoms with Crippen LogP contribution in [0.25, 0.3) is 0 Å². The molecule has 4 heteroatoms. The van der Waals surface area contributed by atoms with Gasteiger partial charge in [-0.3, -0.25) is 0 Å². The largest absolute Gasteiger partial charge is 0.496 e. The summed E-state index contributed by atoms with van der Waals surface area (Å²) in [4.78, 5) is 0. The van der Waals surface area contributed by atoms with E-state index in [0.717, 1.165) is 0 Å². The minimum Gasteiger partial charge on any atom is -0.496 e. The molecule has 0 radical (unpaired) electrons. The van der Waals surface area contributed by atoms with Gasteiger partial charge in [0, 0.05) is 5.56 Å². The highest BCUT2D eigenvalue weighted by Crippen LogP contribution is 2.25. The Morgan fingerprint density at radius 2 is 2.29 bits per heavy atom. The summed E-state index contributed by atoms with van der Waals surface area (Å²) in [6.45, 7) is -0.101. The normalized spacial score (nSPS) is 12.6. The number of likely N-dealkylation sites (N-methyl/N-ethyl adjacent to an activating group) is 1. The molecule has 1 aromatic carbocycles. The Hall–Kier alpha value is -1.13. The quantitative estimate of drug-likeness (QED) is 0.762. The molecule has 0 saturated carbocycles. The summed E-state index contributed by atoms with van der Waals surface area (Å²) in [5, 5.41) is 11.9. The zero-order valence-electron chi connectivity index (χ0n) is 8.25. The molecule has 2 N–H and O–H groups in total. The smallest absolute Gasteiger partial charge is 0.123 e. The molecule has 0 aliphatic carbocycles. The summed E-state index contributed by atoms with van der Waals surface area (Å²) >= 11 is 0. The van der Waals surface area contributed by atoms with E-state index < -0.39 is 0 Å². The van der Waals surface area contributed by atoms with Gasteiger partial charge in [0.05, 0.1) is 19.8 Å². The van der Waals surface area contributed by atoms with Gasteiger partial charge in [-0.2, -0.15) is 0 Å². The third kappa shape index (κ3) is 2.21. The van der Waals surface area contributed by atoms with Crippen LogP contribution in [-0.4, -0.2) is 25.9 Å². The average Bonchev–Trinajstić information content (AvgIpc) is 2.20. The lowest BCUT2D eigenvalue weighted by atomic mass is 10.1. The van der Waals surface area contributed by atoms with Crippen molar-refractivity contribution in [2.75, 3.05) is 20.8 Å². The molecule has 14 heavy (non-hydrogen) atoms. The molecule has 78 valence electrons. The number of halogens is 1. The van der Waals surface area contributed by atoms with E-state index in [2.05, 4.69) is 5.32 Å². The minimum absolute atomic E-state index is 0.101. The zero-order chi connectivity index (χ0) is 10.6. The van der Waals surface area contributed by atoms with E-state index in [1.54, 1.807) is 13.1 Å². The van der Waals surface area contributed by atoms with Crippen molar-refractivity contribution in [3.63, 3.8) is 0 Å². The monoisotopic (exact) mass is 199 g/mol. The van der Waals surface area contributed by atoms with Crippen LogP contribution in [0.15, 0.2) is 18.2 Å². The first-order valence-corrected chi connectivity index (χ1v) is 4.34.